The number of hydrogen-bond donors (Lipinski definition) is 4. The lowest BCUT2D eigenvalue weighted by atomic mass is 10.0. The number of nitrogens with two attached hydrogens (primary N) is 1. The number of aliphatic imine (C=N–C) groups is 1. The third-order valence-corrected chi connectivity index (χ3v) is 5.41. The van der Waals surface area contributed by atoms with Crippen LogP contribution in [0.1, 0.15) is 17.2 Å². The van der Waals surface area contributed by atoms with Crippen LogP contribution < -0.4 is 31.0 Å². The van der Waals surface area contributed by atoms with E-state index < -0.39 is 23.6 Å². The minimum Gasteiger partial charge on any atom is -0.493 e. The van der Waals surface area contributed by atoms with E-state index in [-0.39, 0.29) is 41.1 Å². The molecule has 2 aromatic carbocycles. The lowest BCUT2D eigenvalue weighted by Crippen LogP contribution is -2.54. The van der Waals surface area contributed by atoms with Gasteiger partial charge in [0.1, 0.15) is 30.1 Å². The van der Waals surface area contributed by atoms with Crippen LogP contribution >= 0.6 is 0 Å². The third kappa shape index (κ3) is 4.87. The van der Waals surface area contributed by atoms with E-state index in [0.29, 0.717) is 11.3 Å². The topological polar surface area (TPSA) is 138 Å². The van der Waals surface area contributed by atoms with Crippen LogP contribution in [-0.4, -0.2) is 43.3 Å². The summed E-state index contributed by atoms with van der Waals surface area (Å²) in [5.74, 6) is -1.66. The number of anilines is 2. The molecule has 12 heteroatoms. The van der Waals surface area contributed by atoms with E-state index in [4.69, 9.17) is 20.6 Å². The summed E-state index contributed by atoms with van der Waals surface area (Å²) in [5.41, 5.74) is 9.47. The molecule has 1 aromatic heterocycles. The second-order valence-electron chi connectivity index (χ2n) is 7.65. The quantitative estimate of drug-likeness (QED) is 0.278. The number of aromatic nitrogens is 1. The Morgan fingerprint density at radius 2 is 1.83 bits per heavy atom. The minimum atomic E-state index is -0.977. The number of rotatable bonds is 8. The van der Waals surface area contributed by atoms with E-state index in [0.717, 1.165) is 5.01 Å². The van der Waals surface area contributed by atoms with Crippen molar-refractivity contribution in [3.63, 3.8) is 0 Å². The number of amides is 1. The zero-order valence-electron chi connectivity index (χ0n) is 19.4. The zero-order valence-corrected chi connectivity index (χ0v) is 19.4. The van der Waals surface area contributed by atoms with Gasteiger partial charge in [0.05, 0.1) is 14.2 Å². The predicted molar refractivity (Wildman–Crippen MR) is 130 cm³/mol. The molecule has 5 N–H and O–H groups in total. The highest BCUT2D eigenvalue weighted by atomic mass is 19.1. The number of nitrogen functional groups attached to an aromatic ring is 1. The molecule has 1 amide bonds. The Labute approximate surface area is 205 Å². The third-order valence-electron chi connectivity index (χ3n) is 5.41. The van der Waals surface area contributed by atoms with Crippen LogP contribution in [0, 0.1) is 17.0 Å². The molecule has 0 saturated carbocycles. The molecule has 1 atom stereocenters. The van der Waals surface area contributed by atoms with Crippen molar-refractivity contribution in [3.05, 3.63) is 77.5 Å². The zero-order chi connectivity index (χ0) is 25.8. The van der Waals surface area contributed by atoms with E-state index in [9.17, 15) is 9.18 Å². The standard InChI is InChI=1S/C24H23F2N7O3/c1-35-18-10-15(17(26)11-19(18)36-2)21(31-14-7-5-13(6-8-14)22(27)28)23-30-12-20(34)33(32-23)24-16(25)4-3-9-29-24/h3-11,21,31H,12H2,1-2H3,(H3,27,28)(H,30,32). The molecule has 1 aliphatic rings. The van der Waals surface area contributed by atoms with Crippen molar-refractivity contribution < 1.29 is 23.0 Å². The van der Waals surface area contributed by atoms with Gasteiger partial charge in [0.15, 0.2) is 23.1 Å². The molecule has 1 aliphatic heterocycles. The Balaban J connectivity index is 1.77. The van der Waals surface area contributed by atoms with Gasteiger partial charge in [0.25, 0.3) is 5.91 Å². The van der Waals surface area contributed by atoms with E-state index in [1.807, 2.05) is 0 Å². The number of ether oxygens (including phenoxy) is 2. The first-order valence-corrected chi connectivity index (χ1v) is 10.7. The van der Waals surface area contributed by atoms with Gasteiger partial charge in [0, 0.05) is 29.1 Å². The number of benzene rings is 2. The minimum absolute atomic E-state index is 0.103. The fraction of sp³-hybridized carbons (Fsp3) is 0.167. The monoisotopic (exact) mass is 495 g/mol. The lowest BCUT2D eigenvalue weighted by molar-refractivity contribution is -0.118. The molecular formula is C24H23F2N7O3. The van der Waals surface area contributed by atoms with Gasteiger partial charge in [-0.15, -0.1) is 0 Å². The Bertz CT molecular complexity index is 1330. The van der Waals surface area contributed by atoms with Gasteiger partial charge < -0.3 is 20.5 Å². The van der Waals surface area contributed by atoms with Crippen molar-refractivity contribution in [2.45, 2.75) is 6.04 Å². The number of carbonyl (C=O) groups is 1. The van der Waals surface area contributed by atoms with E-state index in [1.54, 1.807) is 24.3 Å². The average Bonchev–Trinajstić information content (AvgIpc) is 2.88. The van der Waals surface area contributed by atoms with Crippen LogP contribution in [0.3, 0.4) is 0 Å². The molecule has 0 bridgehead atoms. The van der Waals surface area contributed by atoms with Crippen molar-refractivity contribution in [1.82, 2.24) is 10.4 Å². The molecule has 4 rings (SSSR count). The molecule has 1 unspecified atom stereocenters. The van der Waals surface area contributed by atoms with Crippen molar-refractivity contribution in [2.75, 3.05) is 31.1 Å². The summed E-state index contributed by atoms with van der Waals surface area (Å²) in [5, 5.41) is 11.7. The summed E-state index contributed by atoms with van der Waals surface area (Å²) in [7, 11) is 2.81. The smallest absolute Gasteiger partial charge is 0.268 e. The van der Waals surface area contributed by atoms with Crippen molar-refractivity contribution in [1.29, 1.82) is 5.41 Å². The number of nitrogens with zero attached hydrogens (tertiary/aromatic N) is 3. The van der Waals surface area contributed by atoms with Crippen LogP contribution in [0.4, 0.5) is 20.3 Å². The first kappa shape index (κ1) is 24.4. The molecule has 0 fully saturated rings. The maximum Gasteiger partial charge on any atom is 0.268 e. The fourth-order valence-corrected chi connectivity index (χ4v) is 3.60. The number of amidine groups is 2. The number of carbonyl (C=O) groups excluding carboxylic acids is 1. The predicted octanol–water partition coefficient (Wildman–Crippen LogP) is 2.76. The number of hydrogen-bond acceptors (Lipinski definition) is 8. The Hall–Kier alpha value is -4.74. The lowest BCUT2D eigenvalue weighted by Gasteiger charge is -2.32. The average molecular weight is 495 g/mol. The molecule has 10 nitrogen and oxygen atoms in total. The maximum absolute atomic E-state index is 15.3. The fourth-order valence-electron chi connectivity index (χ4n) is 3.60. The van der Waals surface area contributed by atoms with Crippen LogP contribution in [0.5, 0.6) is 11.5 Å². The summed E-state index contributed by atoms with van der Waals surface area (Å²) in [6.45, 7) is -0.325. The van der Waals surface area contributed by atoms with E-state index in [1.165, 1.54) is 44.7 Å². The molecule has 186 valence electrons. The first-order valence-electron chi connectivity index (χ1n) is 10.7. The van der Waals surface area contributed by atoms with Gasteiger partial charge in [-0.2, -0.15) is 5.01 Å². The maximum atomic E-state index is 15.3. The number of hydrazine groups is 1. The molecular weight excluding hydrogens is 472 g/mol. The van der Waals surface area contributed by atoms with Crippen molar-refractivity contribution >= 4 is 29.1 Å². The van der Waals surface area contributed by atoms with Gasteiger partial charge in [0.2, 0.25) is 0 Å². The molecule has 0 spiro atoms. The number of methoxy groups -OCH3 is 2. The molecule has 0 radical (unpaired) electrons. The van der Waals surface area contributed by atoms with Crippen LogP contribution in [-0.2, 0) is 4.79 Å². The molecule has 2 heterocycles. The van der Waals surface area contributed by atoms with Gasteiger partial charge >= 0.3 is 0 Å². The van der Waals surface area contributed by atoms with Crippen molar-refractivity contribution in [2.24, 2.45) is 10.7 Å². The Kier molecular flexibility index (Phi) is 6.95. The highest BCUT2D eigenvalue weighted by molar-refractivity contribution is 6.04. The Morgan fingerprint density at radius 1 is 1.14 bits per heavy atom. The van der Waals surface area contributed by atoms with E-state index >= 15 is 4.39 Å². The second kappa shape index (κ2) is 10.3. The molecule has 0 saturated heterocycles. The first-order chi connectivity index (χ1) is 17.3. The Morgan fingerprint density at radius 3 is 2.47 bits per heavy atom. The van der Waals surface area contributed by atoms with Crippen LogP contribution in [0.2, 0.25) is 0 Å². The summed E-state index contributed by atoms with van der Waals surface area (Å²) >= 11 is 0. The summed E-state index contributed by atoms with van der Waals surface area (Å²) in [6, 6.07) is 10.8. The van der Waals surface area contributed by atoms with Gasteiger partial charge in [-0.25, -0.2) is 13.8 Å². The summed E-state index contributed by atoms with van der Waals surface area (Å²) < 4.78 is 40.3. The highest BCUT2D eigenvalue weighted by Gasteiger charge is 2.32. The summed E-state index contributed by atoms with van der Waals surface area (Å²) in [4.78, 5) is 20.8. The number of pyridine rings is 1. The van der Waals surface area contributed by atoms with E-state index in [2.05, 4.69) is 20.7 Å². The normalized spacial score (nSPS) is 13.9. The second-order valence-corrected chi connectivity index (χ2v) is 7.65. The van der Waals surface area contributed by atoms with Crippen LogP contribution in [0.15, 0.2) is 59.7 Å². The number of halogens is 2. The molecule has 3 aromatic rings. The van der Waals surface area contributed by atoms with Gasteiger partial charge in [-0.1, -0.05) is 0 Å². The summed E-state index contributed by atoms with van der Waals surface area (Å²) in [6.07, 6.45) is 1.35. The van der Waals surface area contributed by atoms with Gasteiger partial charge in [-0.3, -0.25) is 20.6 Å². The highest BCUT2D eigenvalue weighted by Crippen LogP contribution is 2.34. The van der Waals surface area contributed by atoms with Crippen LogP contribution in [0.25, 0.3) is 0 Å². The SMILES string of the molecule is COc1cc(F)c(C(Nc2ccc(C(=N)N)cc2)C2=NCC(=O)N(c3ncccc3F)N2)cc1OC. The molecule has 0 aliphatic carbocycles. The number of nitrogens with one attached hydrogen (secondary N) is 3. The molecule has 36 heavy (non-hydrogen) atoms. The van der Waals surface area contributed by atoms with Gasteiger partial charge in [-0.05, 0) is 42.5 Å². The van der Waals surface area contributed by atoms with Crippen molar-refractivity contribution in [3.8, 4) is 11.5 Å². The largest absolute Gasteiger partial charge is 0.493 e.